The SMILES string of the molecule is Cc1sc(C(=O)c2cncnc2Cl)cc1Cc1cc(Cl)ccc1CCN. The summed E-state index contributed by atoms with van der Waals surface area (Å²) in [6.07, 6.45) is 4.26. The van der Waals surface area contributed by atoms with Gasteiger partial charge in [-0.05, 0) is 61.2 Å². The summed E-state index contributed by atoms with van der Waals surface area (Å²) in [4.78, 5) is 22.2. The highest BCUT2D eigenvalue weighted by Gasteiger charge is 2.18. The fourth-order valence-electron chi connectivity index (χ4n) is 2.77. The van der Waals surface area contributed by atoms with Crippen LogP contribution < -0.4 is 5.73 Å². The van der Waals surface area contributed by atoms with Gasteiger partial charge in [0.1, 0.15) is 11.5 Å². The second kappa shape index (κ2) is 8.27. The van der Waals surface area contributed by atoms with Crippen molar-refractivity contribution in [1.82, 2.24) is 9.97 Å². The van der Waals surface area contributed by atoms with Crippen molar-refractivity contribution in [2.24, 2.45) is 5.73 Å². The van der Waals surface area contributed by atoms with Crippen molar-refractivity contribution >= 4 is 40.3 Å². The maximum atomic E-state index is 12.7. The summed E-state index contributed by atoms with van der Waals surface area (Å²) in [7, 11) is 0. The molecule has 0 atom stereocenters. The van der Waals surface area contributed by atoms with Crippen LogP contribution in [0.4, 0.5) is 0 Å². The molecule has 134 valence electrons. The molecule has 0 aliphatic rings. The highest BCUT2D eigenvalue weighted by Crippen LogP contribution is 2.29. The Morgan fingerprint density at radius 3 is 2.73 bits per heavy atom. The number of hydrogen-bond acceptors (Lipinski definition) is 5. The lowest BCUT2D eigenvalue weighted by Crippen LogP contribution is -2.06. The van der Waals surface area contributed by atoms with Gasteiger partial charge in [-0.15, -0.1) is 11.3 Å². The van der Waals surface area contributed by atoms with Crippen LogP contribution in [0.5, 0.6) is 0 Å². The molecule has 0 aliphatic carbocycles. The van der Waals surface area contributed by atoms with Gasteiger partial charge in [-0.3, -0.25) is 4.79 Å². The van der Waals surface area contributed by atoms with Gasteiger partial charge in [0.25, 0.3) is 0 Å². The number of hydrogen-bond donors (Lipinski definition) is 1. The van der Waals surface area contributed by atoms with Gasteiger partial charge >= 0.3 is 0 Å². The number of thiophene rings is 1. The maximum absolute atomic E-state index is 12.7. The Kier molecular flexibility index (Phi) is 6.04. The van der Waals surface area contributed by atoms with Gasteiger partial charge in [-0.2, -0.15) is 0 Å². The van der Waals surface area contributed by atoms with Crippen molar-refractivity contribution in [3.05, 3.63) is 79.0 Å². The first kappa shape index (κ1) is 19.0. The normalized spacial score (nSPS) is 10.9. The number of halogens is 2. The van der Waals surface area contributed by atoms with E-state index in [-0.39, 0.29) is 10.9 Å². The topological polar surface area (TPSA) is 68.9 Å². The molecule has 0 saturated heterocycles. The van der Waals surface area contributed by atoms with Crippen LogP contribution >= 0.6 is 34.5 Å². The number of nitrogens with zero attached hydrogens (tertiary/aromatic N) is 2. The third-order valence-corrected chi connectivity index (χ3v) is 5.74. The van der Waals surface area contributed by atoms with Crippen LogP contribution in [-0.2, 0) is 12.8 Å². The summed E-state index contributed by atoms with van der Waals surface area (Å²) >= 11 is 13.6. The Morgan fingerprint density at radius 1 is 1.19 bits per heavy atom. The molecular weight excluding hydrogens is 389 g/mol. The molecule has 26 heavy (non-hydrogen) atoms. The molecule has 0 bridgehead atoms. The standard InChI is InChI=1S/C19H17Cl2N3OS/c1-11-13(6-14-7-15(20)3-2-12(14)4-5-22)8-17(26-11)18(25)16-9-23-10-24-19(16)21/h2-3,7-10H,4-6,22H2,1H3. The van der Waals surface area contributed by atoms with Crippen LogP contribution in [0.1, 0.15) is 36.8 Å². The van der Waals surface area contributed by atoms with Crippen LogP contribution in [-0.4, -0.2) is 22.3 Å². The molecule has 1 aromatic carbocycles. The van der Waals surface area contributed by atoms with E-state index in [1.54, 1.807) is 0 Å². The van der Waals surface area contributed by atoms with Crippen molar-refractivity contribution in [2.45, 2.75) is 19.8 Å². The van der Waals surface area contributed by atoms with Crippen molar-refractivity contribution in [3.63, 3.8) is 0 Å². The Bertz CT molecular complexity index is 956. The Morgan fingerprint density at radius 2 is 2.00 bits per heavy atom. The number of aromatic nitrogens is 2. The lowest BCUT2D eigenvalue weighted by atomic mass is 9.98. The number of nitrogens with two attached hydrogens (primary N) is 1. The van der Waals surface area contributed by atoms with Gasteiger partial charge in [0.2, 0.25) is 5.78 Å². The summed E-state index contributed by atoms with van der Waals surface area (Å²) in [6, 6.07) is 7.77. The fraction of sp³-hybridized carbons (Fsp3) is 0.211. The van der Waals surface area contributed by atoms with E-state index in [0.717, 1.165) is 22.4 Å². The average molecular weight is 406 g/mol. The monoisotopic (exact) mass is 405 g/mol. The first-order valence-corrected chi connectivity index (χ1v) is 9.63. The molecule has 2 N–H and O–H groups in total. The molecule has 2 aromatic heterocycles. The Hall–Kier alpha value is -1.79. The fourth-order valence-corrected chi connectivity index (χ4v) is 4.14. The van der Waals surface area contributed by atoms with E-state index in [2.05, 4.69) is 9.97 Å². The van der Waals surface area contributed by atoms with Crippen LogP contribution in [0, 0.1) is 6.92 Å². The minimum absolute atomic E-state index is 0.164. The van der Waals surface area contributed by atoms with Gasteiger partial charge in [0.05, 0.1) is 10.4 Å². The summed E-state index contributed by atoms with van der Waals surface area (Å²) < 4.78 is 0. The Balaban J connectivity index is 1.91. The van der Waals surface area contributed by atoms with Crippen molar-refractivity contribution in [1.29, 1.82) is 0 Å². The largest absolute Gasteiger partial charge is 0.330 e. The average Bonchev–Trinajstić information content (AvgIpc) is 2.98. The van der Waals surface area contributed by atoms with Crippen LogP contribution in [0.15, 0.2) is 36.8 Å². The highest BCUT2D eigenvalue weighted by atomic mass is 35.5. The minimum atomic E-state index is -0.164. The number of aryl methyl sites for hydroxylation is 1. The minimum Gasteiger partial charge on any atom is -0.330 e. The molecule has 2 heterocycles. The third kappa shape index (κ3) is 4.13. The van der Waals surface area contributed by atoms with E-state index < -0.39 is 0 Å². The van der Waals surface area contributed by atoms with Gasteiger partial charge in [0.15, 0.2) is 0 Å². The van der Waals surface area contributed by atoms with E-state index in [1.807, 2.05) is 31.2 Å². The first-order valence-electron chi connectivity index (χ1n) is 8.06. The zero-order valence-electron chi connectivity index (χ0n) is 14.1. The lowest BCUT2D eigenvalue weighted by molar-refractivity contribution is 0.104. The van der Waals surface area contributed by atoms with E-state index in [9.17, 15) is 4.79 Å². The molecule has 0 amide bonds. The molecule has 0 spiro atoms. The van der Waals surface area contributed by atoms with Crippen LogP contribution in [0.3, 0.4) is 0 Å². The molecule has 0 saturated carbocycles. The molecule has 3 aromatic rings. The van der Waals surface area contributed by atoms with Crippen LogP contribution in [0.2, 0.25) is 10.2 Å². The van der Waals surface area contributed by atoms with Crippen molar-refractivity contribution < 1.29 is 4.79 Å². The van der Waals surface area contributed by atoms with Crippen molar-refractivity contribution in [2.75, 3.05) is 6.54 Å². The second-order valence-electron chi connectivity index (χ2n) is 5.88. The predicted octanol–water partition coefficient (Wildman–Crippen LogP) is 4.48. The molecule has 0 fully saturated rings. The molecule has 4 nitrogen and oxygen atoms in total. The smallest absolute Gasteiger partial charge is 0.207 e. The quantitative estimate of drug-likeness (QED) is 0.484. The third-order valence-electron chi connectivity index (χ3n) is 4.12. The zero-order chi connectivity index (χ0) is 18.7. The summed E-state index contributed by atoms with van der Waals surface area (Å²) in [6.45, 7) is 2.58. The first-order chi connectivity index (χ1) is 12.5. The molecule has 0 aliphatic heterocycles. The van der Waals surface area contributed by atoms with E-state index in [4.69, 9.17) is 28.9 Å². The van der Waals surface area contributed by atoms with Gasteiger partial charge < -0.3 is 5.73 Å². The molecule has 3 rings (SSSR count). The number of carbonyl (C=O) groups is 1. The summed E-state index contributed by atoms with van der Waals surface area (Å²) in [5.74, 6) is -0.164. The number of rotatable bonds is 6. The summed E-state index contributed by atoms with van der Waals surface area (Å²) in [5, 5.41) is 0.857. The Labute approximate surface area is 166 Å². The number of carbonyl (C=O) groups excluding carboxylic acids is 1. The molecule has 7 heteroatoms. The van der Waals surface area contributed by atoms with E-state index in [1.165, 1.54) is 29.4 Å². The number of benzene rings is 1. The van der Waals surface area contributed by atoms with Gasteiger partial charge in [0, 0.05) is 16.1 Å². The zero-order valence-corrected chi connectivity index (χ0v) is 16.5. The summed E-state index contributed by atoms with van der Waals surface area (Å²) in [5.41, 5.74) is 9.42. The molecule has 0 radical (unpaired) electrons. The van der Waals surface area contributed by atoms with E-state index >= 15 is 0 Å². The van der Waals surface area contributed by atoms with Crippen LogP contribution in [0.25, 0.3) is 0 Å². The lowest BCUT2D eigenvalue weighted by Gasteiger charge is -2.09. The maximum Gasteiger partial charge on any atom is 0.207 e. The van der Waals surface area contributed by atoms with Gasteiger partial charge in [-0.25, -0.2) is 9.97 Å². The second-order valence-corrected chi connectivity index (χ2v) is 7.93. The molecule has 0 unspecified atom stereocenters. The van der Waals surface area contributed by atoms with Gasteiger partial charge in [-0.1, -0.05) is 29.3 Å². The predicted molar refractivity (Wildman–Crippen MR) is 107 cm³/mol. The van der Waals surface area contributed by atoms with Crippen molar-refractivity contribution in [3.8, 4) is 0 Å². The highest BCUT2D eigenvalue weighted by molar-refractivity contribution is 7.14. The number of ketones is 1. The molecular formula is C19H17Cl2N3OS. The van der Waals surface area contributed by atoms with E-state index in [0.29, 0.717) is 28.4 Å².